The van der Waals surface area contributed by atoms with Crippen LogP contribution in [0.1, 0.15) is 38.7 Å². The first-order chi connectivity index (χ1) is 11.3. The number of ketones is 1. The predicted molar refractivity (Wildman–Crippen MR) is 88.8 cm³/mol. The lowest BCUT2D eigenvalue weighted by Gasteiger charge is -2.27. The molecular weight excluding hydrogens is 313 g/mol. The molecule has 0 fully saturated rings. The average molecular weight is 339 g/mol. The van der Waals surface area contributed by atoms with Crippen molar-refractivity contribution in [1.82, 2.24) is 5.32 Å². The lowest BCUT2D eigenvalue weighted by atomic mass is 9.87. The number of Topliss-reactive ketones (excluding diaryl/α,β-unsaturated/α-hetero) is 1. The molecule has 3 N–H and O–H groups in total. The summed E-state index contributed by atoms with van der Waals surface area (Å²) in [7, 11) is 0. The van der Waals surface area contributed by atoms with Gasteiger partial charge in [-0.15, -0.1) is 0 Å². The van der Waals surface area contributed by atoms with E-state index >= 15 is 0 Å². The largest absolute Gasteiger partial charge is 0.396 e. The number of amides is 1. The van der Waals surface area contributed by atoms with Crippen LogP contribution in [0.2, 0.25) is 0 Å². The van der Waals surface area contributed by atoms with Crippen LogP contribution < -0.4 is 5.32 Å². The number of aliphatic hydroxyl groups is 2. The van der Waals surface area contributed by atoms with E-state index in [9.17, 15) is 19.1 Å². The van der Waals surface area contributed by atoms with Crippen molar-refractivity contribution in [1.29, 1.82) is 0 Å². The number of hydrogen-bond acceptors (Lipinski definition) is 4. The van der Waals surface area contributed by atoms with Crippen molar-refractivity contribution < 1.29 is 24.2 Å². The summed E-state index contributed by atoms with van der Waals surface area (Å²) in [5.41, 5.74) is -0.129. The summed E-state index contributed by atoms with van der Waals surface area (Å²) in [5, 5.41) is 21.5. The number of nitrogens with one attached hydrogen (secondary N) is 1. The molecule has 1 atom stereocenters. The Morgan fingerprint density at radius 3 is 2.62 bits per heavy atom. The number of rotatable bonds is 10. The molecule has 0 spiro atoms. The molecule has 0 saturated heterocycles. The summed E-state index contributed by atoms with van der Waals surface area (Å²) in [4.78, 5) is 23.5. The summed E-state index contributed by atoms with van der Waals surface area (Å²) in [6, 6.07) is 6.17. The minimum atomic E-state index is -1.30. The molecule has 0 aliphatic carbocycles. The number of aliphatic hydroxyl groups excluding tert-OH is 2. The number of aryl methyl sites for hydroxylation is 1. The maximum absolute atomic E-state index is 13.0. The van der Waals surface area contributed by atoms with E-state index in [0.717, 1.165) is 5.56 Å². The summed E-state index contributed by atoms with van der Waals surface area (Å²) in [6.45, 7) is 3.16. The highest BCUT2D eigenvalue weighted by atomic mass is 19.1. The monoisotopic (exact) mass is 339 g/mol. The van der Waals surface area contributed by atoms with Gasteiger partial charge >= 0.3 is 0 Å². The van der Waals surface area contributed by atoms with Crippen LogP contribution in [0.3, 0.4) is 0 Å². The Kier molecular flexibility index (Phi) is 8.01. The van der Waals surface area contributed by atoms with Gasteiger partial charge in [-0.2, -0.15) is 0 Å². The zero-order valence-electron chi connectivity index (χ0n) is 14.2. The molecule has 6 heteroatoms. The van der Waals surface area contributed by atoms with Gasteiger partial charge in [0, 0.05) is 24.8 Å². The maximum atomic E-state index is 13.0. The minimum absolute atomic E-state index is 0.0461. The zero-order chi connectivity index (χ0) is 18.2. The molecule has 1 aromatic rings. The van der Waals surface area contributed by atoms with Gasteiger partial charge in [-0.25, -0.2) is 4.39 Å². The molecule has 0 aliphatic rings. The fourth-order valence-electron chi connectivity index (χ4n) is 2.14. The third kappa shape index (κ3) is 6.76. The molecule has 5 nitrogen and oxygen atoms in total. The molecule has 24 heavy (non-hydrogen) atoms. The van der Waals surface area contributed by atoms with Gasteiger partial charge in [-0.3, -0.25) is 9.59 Å². The summed E-state index contributed by atoms with van der Waals surface area (Å²) in [6.07, 6.45) is 0.310. The average Bonchev–Trinajstić information content (AvgIpc) is 2.56. The second kappa shape index (κ2) is 9.49. The smallest absolute Gasteiger partial charge is 0.249 e. The molecule has 0 unspecified atom stereocenters. The molecule has 0 saturated carbocycles. The normalized spacial score (nSPS) is 12.7. The number of halogens is 1. The number of benzene rings is 1. The molecule has 0 radical (unpaired) electrons. The van der Waals surface area contributed by atoms with Crippen LogP contribution in [0.5, 0.6) is 0 Å². The molecule has 134 valence electrons. The van der Waals surface area contributed by atoms with E-state index < -0.39 is 17.4 Å². The van der Waals surface area contributed by atoms with Crippen LogP contribution in [-0.4, -0.2) is 41.2 Å². The van der Waals surface area contributed by atoms with Crippen LogP contribution >= 0.6 is 0 Å². The van der Waals surface area contributed by atoms with Gasteiger partial charge in [0.05, 0.1) is 6.61 Å². The summed E-state index contributed by atoms with van der Waals surface area (Å²) < 4.78 is 13.0. The minimum Gasteiger partial charge on any atom is -0.396 e. The van der Waals surface area contributed by atoms with Crippen LogP contribution in [0.15, 0.2) is 24.3 Å². The first-order valence-electron chi connectivity index (χ1n) is 8.09. The molecule has 1 aromatic carbocycles. The Labute approximate surface area is 141 Å². The molecule has 1 amide bonds. The molecule has 0 aliphatic heterocycles. The first-order valence-corrected chi connectivity index (χ1v) is 8.09. The molecular formula is C18H26FNO4. The Morgan fingerprint density at radius 2 is 2.00 bits per heavy atom. The van der Waals surface area contributed by atoms with Gasteiger partial charge in [0.2, 0.25) is 5.91 Å². The van der Waals surface area contributed by atoms with Crippen LogP contribution in [0.4, 0.5) is 4.39 Å². The number of carbonyl (C=O) groups excluding carboxylic acids is 2. The van der Waals surface area contributed by atoms with Crippen LogP contribution in [0.25, 0.3) is 0 Å². The molecule has 0 heterocycles. The highest BCUT2D eigenvalue weighted by Gasteiger charge is 2.32. The van der Waals surface area contributed by atoms with Crippen molar-refractivity contribution in [3.63, 3.8) is 0 Å². The molecule has 1 rings (SSSR count). The number of carbonyl (C=O) groups is 2. The SMILES string of the molecule is CC(C)(CO)[C@@H](O)C(=O)NCCCC(=O)CCc1cccc(F)c1. The lowest BCUT2D eigenvalue weighted by molar-refractivity contribution is -0.137. The van der Waals surface area contributed by atoms with E-state index in [2.05, 4.69) is 5.32 Å². The first kappa shape index (κ1) is 20.3. The second-order valence-electron chi connectivity index (χ2n) is 6.61. The quantitative estimate of drug-likeness (QED) is 0.565. The van der Waals surface area contributed by atoms with E-state index in [0.29, 0.717) is 25.7 Å². The van der Waals surface area contributed by atoms with Gasteiger partial charge in [0.1, 0.15) is 17.7 Å². The zero-order valence-corrected chi connectivity index (χ0v) is 14.2. The van der Waals surface area contributed by atoms with Crippen molar-refractivity contribution in [3.05, 3.63) is 35.6 Å². The predicted octanol–water partition coefficient (Wildman–Crippen LogP) is 1.60. The Morgan fingerprint density at radius 1 is 1.29 bits per heavy atom. The van der Waals surface area contributed by atoms with Gasteiger partial charge in [0.15, 0.2) is 0 Å². The maximum Gasteiger partial charge on any atom is 0.249 e. The van der Waals surface area contributed by atoms with Gasteiger partial charge in [0.25, 0.3) is 0 Å². The van der Waals surface area contributed by atoms with Crippen molar-refractivity contribution in [2.45, 2.75) is 45.6 Å². The van der Waals surface area contributed by atoms with Crippen molar-refractivity contribution >= 4 is 11.7 Å². The van der Waals surface area contributed by atoms with E-state index in [4.69, 9.17) is 5.11 Å². The Bertz CT molecular complexity index is 560. The third-order valence-corrected chi connectivity index (χ3v) is 3.91. The van der Waals surface area contributed by atoms with Crippen molar-refractivity contribution in [3.8, 4) is 0 Å². The van der Waals surface area contributed by atoms with Crippen LogP contribution in [-0.2, 0) is 16.0 Å². The van der Waals surface area contributed by atoms with E-state index in [1.165, 1.54) is 12.1 Å². The second-order valence-corrected chi connectivity index (χ2v) is 6.61. The highest BCUT2D eigenvalue weighted by molar-refractivity contribution is 5.81. The highest BCUT2D eigenvalue weighted by Crippen LogP contribution is 2.19. The molecule has 0 aromatic heterocycles. The van der Waals surface area contributed by atoms with Crippen LogP contribution in [0, 0.1) is 11.2 Å². The third-order valence-electron chi connectivity index (χ3n) is 3.91. The van der Waals surface area contributed by atoms with Gasteiger partial charge in [-0.05, 0) is 30.5 Å². The van der Waals surface area contributed by atoms with E-state index in [1.54, 1.807) is 26.0 Å². The van der Waals surface area contributed by atoms with Crippen molar-refractivity contribution in [2.75, 3.05) is 13.2 Å². The number of hydrogen-bond donors (Lipinski definition) is 3. The summed E-state index contributed by atoms with van der Waals surface area (Å²) in [5.74, 6) is -0.821. The van der Waals surface area contributed by atoms with Crippen molar-refractivity contribution in [2.24, 2.45) is 5.41 Å². The van der Waals surface area contributed by atoms with Gasteiger partial charge in [-0.1, -0.05) is 26.0 Å². The standard InChI is InChI=1S/C18H26FNO4/c1-18(2,12-21)16(23)17(24)20-10-4-7-15(22)9-8-13-5-3-6-14(19)11-13/h3,5-6,11,16,21,23H,4,7-10,12H2,1-2H3,(H,20,24)/t16-/m0/s1. The lowest BCUT2D eigenvalue weighted by Crippen LogP contribution is -2.45. The topological polar surface area (TPSA) is 86.6 Å². The van der Waals surface area contributed by atoms with E-state index in [-0.39, 0.29) is 24.8 Å². The molecule has 0 bridgehead atoms. The Balaban J connectivity index is 2.23. The fraction of sp³-hybridized carbons (Fsp3) is 0.556. The van der Waals surface area contributed by atoms with E-state index in [1.807, 2.05) is 0 Å². The summed E-state index contributed by atoms with van der Waals surface area (Å²) >= 11 is 0. The Hall–Kier alpha value is -1.79. The van der Waals surface area contributed by atoms with Gasteiger partial charge < -0.3 is 15.5 Å². The fourth-order valence-corrected chi connectivity index (χ4v) is 2.14.